The lowest BCUT2D eigenvalue weighted by Gasteiger charge is -2.13. The summed E-state index contributed by atoms with van der Waals surface area (Å²) >= 11 is 0. The van der Waals surface area contributed by atoms with Gasteiger partial charge in [-0.25, -0.2) is 10.2 Å². The molecule has 0 fully saturated rings. The number of fused-ring (bicyclic) bond motifs is 1. The average molecular weight is 471 g/mol. The fourth-order valence-electron chi connectivity index (χ4n) is 3.98. The standard InChI is InChI=1S/C27H26N4O4/c1-17-13-21(27(33)34-4)10-11-23(17)31-18(2)14-22(19(31)3)15-29-30-25(32)16-35-24-9-5-7-20-8-6-12-28-26(20)24/h5-15H,16H2,1-4H3,(H,30,32)/b29-15+. The molecule has 1 amide bonds. The zero-order chi connectivity index (χ0) is 24.9. The molecule has 0 atom stereocenters. The molecule has 2 aromatic heterocycles. The SMILES string of the molecule is COC(=O)c1ccc(-n2c(C)cc(/C=N/NC(=O)COc3cccc4cccnc34)c2C)c(C)c1. The summed E-state index contributed by atoms with van der Waals surface area (Å²) in [4.78, 5) is 28.4. The lowest BCUT2D eigenvalue weighted by atomic mass is 10.1. The molecule has 35 heavy (non-hydrogen) atoms. The van der Waals surface area contributed by atoms with Gasteiger partial charge in [0.25, 0.3) is 5.91 Å². The van der Waals surface area contributed by atoms with Crippen molar-refractivity contribution < 1.29 is 19.1 Å². The largest absolute Gasteiger partial charge is 0.481 e. The van der Waals surface area contributed by atoms with E-state index < -0.39 is 0 Å². The molecule has 0 aliphatic rings. The number of aryl methyl sites for hydroxylation is 2. The van der Waals surface area contributed by atoms with Crippen LogP contribution in [0.4, 0.5) is 0 Å². The third kappa shape index (κ3) is 5.06. The van der Waals surface area contributed by atoms with Crippen LogP contribution in [0.1, 0.15) is 32.9 Å². The first-order chi connectivity index (χ1) is 16.9. The number of amides is 1. The summed E-state index contributed by atoms with van der Waals surface area (Å²) in [6.07, 6.45) is 3.29. The van der Waals surface area contributed by atoms with E-state index in [0.717, 1.165) is 33.6 Å². The molecule has 0 aliphatic carbocycles. The Balaban J connectivity index is 1.43. The molecule has 0 saturated carbocycles. The summed E-state index contributed by atoms with van der Waals surface area (Å²) < 4.78 is 12.5. The van der Waals surface area contributed by atoms with Gasteiger partial charge < -0.3 is 14.0 Å². The fraction of sp³-hybridized carbons (Fsp3) is 0.185. The highest BCUT2D eigenvalue weighted by molar-refractivity contribution is 5.90. The Morgan fingerprint density at radius 2 is 1.89 bits per heavy atom. The van der Waals surface area contributed by atoms with Crippen LogP contribution in [0, 0.1) is 20.8 Å². The molecule has 4 aromatic rings. The molecule has 8 heteroatoms. The zero-order valence-electron chi connectivity index (χ0n) is 20.0. The van der Waals surface area contributed by atoms with Gasteiger partial charge in [0.2, 0.25) is 0 Å². The van der Waals surface area contributed by atoms with Crippen LogP contribution in [0.15, 0.2) is 65.9 Å². The van der Waals surface area contributed by atoms with Gasteiger partial charge in [-0.05, 0) is 62.7 Å². The number of ether oxygens (including phenoxy) is 2. The molecule has 0 unspecified atom stereocenters. The van der Waals surface area contributed by atoms with Crippen molar-refractivity contribution in [3.05, 3.63) is 88.9 Å². The number of hydrazone groups is 1. The highest BCUT2D eigenvalue weighted by Crippen LogP contribution is 2.24. The van der Waals surface area contributed by atoms with Gasteiger partial charge in [-0.3, -0.25) is 9.78 Å². The number of hydrogen-bond acceptors (Lipinski definition) is 6. The van der Waals surface area contributed by atoms with E-state index in [2.05, 4.69) is 20.1 Å². The van der Waals surface area contributed by atoms with E-state index in [1.165, 1.54) is 7.11 Å². The minimum absolute atomic E-state index is 0.183. The summed E-state index contributed by atoms with van der Waals surface area (Å²) in [5.41, 5.74) is 8.41. The van der Waals surface area contributed by atoms with Gasteiger partial charge in [0.1, 0.15) is 11.3 Å². The van der Waals surface area contributed by atoms with E-state index >= 15 is 0 Å². The van der Waals surface area contributed by atoms with Crippen LogP contribution in [-0.4, -0.2) is 41.4 Å². The highest BCUT2D eigenvalue weighted by atomic mass is 16.5. The van der Waals surface area contributed by atoms with Crippen LogP contribution in [-0.2, 0) is 9.53 Å². The minimum atomic E-state index is -0.378. The smallest absolute Gasteiger partial charge is 0.337 e. The third-order valence-electron chi connectivity index (χ3n) is 5.68. The number of carbonyl (C=O) groups excluding carboxylic acids is 2. The maximum Gasteiger partial charge on any atom is 0.337 e. The number of pyridine rings is 1. The van der Waals surface area contributed by atoms with Crippen molar-refractivity contribution >= 4 is 29.0 Å². The maximum atomic E-state index is 12.3. The van der Waals surface area contributed by atoms with E-state index in [1.54, 1.807) is 30.6 Å². The second-order valence-electron chi connectivity index (χ2n) is 8.07. The Labute approximate surface area is 203 Å². The number of hydrogen-bond donors (Lipinski definition) is 1. The molecule has 2 heterocycles. The number of nitrogens with one attached hydrogen (secondary N) is 1. The van der Waals surface area contributed by atoms with Crippen LogP contribution in [0.3, 0.4) is 0 Å². The Hall–Kier alpha value is -4.46. The molecular formula is C27H26N4O4. The van der Waals surface area contributed by atoms with Gasteiger partial charge in [-0.1, -0.05) is 18.2 Å². The van der Waals surface area contributed by atoms with Crippen molar-refractivity contribution in [2.45, 2.75) is 20.8 Å². The molecule has 0 saturated heterocycles. The maximum absolute atomic E-state index is 12.3. The van der Waals surface area contributed by atoms with E-state index in [1.807, 2.05) is 57.2 Å². The van der Waals surface area contributed by atoms with Gasteiger partial charge in [0.15, 0.2) is 6.61 Å². The average Bonchev–Trinajstić information content (AvgIpc) is 3.14. The molecule has 0 aliphatic heterocycles. The Kier molecular flexibility index (Phi) is 6.91. The minimum Gasteiger partial charge on any atom is -0.481 e. The van der Waals surface area contributed by atoms with Gasteiger partial charge in [0.05, 0.1) is 18.9 Å². The summed E-state index contributed by atoms with van der Waals surface area (Å²) in [5.74, 6) is -0.207. The zero-order valence-corrected chi connectivity index (χ0v) is 20.0. The highest BCUT2D eigenvalue weighted by Gasteiger charge is 2.14. The summed E-state index contributed by atoms with van der Waals surface area (Å²) in [7, 11) is 1.36. The second kappa shape index (κ2) is 10.2. The van der Waals surface area contributed by atoms with Crippen LogP contribution in [0.5, 0.6) is 5.75 Å². The van der Waals surface area contributed by atoms with Crippen molar-refractivity contribution in [2.24, 2.45) is 5.10 Å². The van der Waals surface area contributed by atoms with Gasteiger partial charge in [-0.2, -0.15) is 5.10 Å². The van der Waals surface area contributed by atoms with Crippen molar-refractivity contribution in [3.8, 4) is 11.4 Å². The number of rotatable bonds is 7. The molecule has 4 rings (SSSR count). The van der Waals surface area contributed by atoms with E-state index in [9.17, 15) is 9.59 Å². The summed E-state index contributed by atoms with van der Waals surface area (Å²) in [6.45, 7) is 5.72. The molecule has 0 radical (unpaired) electrons. The van der Waals surface area contributed by atoms with E-state index in [-0.39, 0.29) is 18.5 Å². The topological polar surface area (TPSA) is 94.8 Å². The normalized spacial score (nSPS) is 11.1. The monoisotopic (exact) mass is 470 g/mol. The molecule has 1 N–H and O–H groups in total. The van der Waals surface area contributed by atoms with Crippen LogP contribution < -0.4 is 10.2 Å². The molecule has 2 aromatic carbocycles. The third-order valence-corrected chi connectivity index (χ3v) is 5.68. The summed E-state index contributed by atoms with van der Waals surface area (Å²) in [6, 6.07) is 16.8. The first-order valence-electron chi connectivity index (χ1n) is 11.1. The Morgan fingerprint density at radius 3 is 2.66 bits per heavy atom. The molecule has 0 spiro atoms. The predicted octanol–water partition coefficient (Wildman–Crippen LogP) is 4.27. The number of nitrogens with zero attached hydrogens (tertiary/aromatic N) is 3. The number of para-hydroxylation sites is 1. The van der Waals surface area contributed by atoms with E-state index in [4.69, 9.17) is 9.47 Å². The van der Waals surface area contributed by atoms with E-state index in [0.29, 0.717) is 16.8 Å². The number of methoxy groups -OCH3 is 1. The Bertz CT molecular complexity index is 1430. The number of aromatic nitrogens is 2. The van der Waals surface area contributed by atoms with Gasteiger partial charge in [0, 0.05) is 34.2 Å². The van der Waals surface area contributed by atoms with Gasteiger partial charge >= 0.3 is 5.97 Å². The van der Waals surface area contributed by atoms with Crippen LogP contribution in [0.25, 0.3) is 16.6 Å². The molecule has 178 valence electrons. The van der Waals surface area contributed by atoms with Crippen molar-refractivity contribution in [1.29, 1.82) is 0 Å². The summed E-state index contributed by atoms with van der Waals surface area (Å²) in [5, 5.41) is 5.04. The Morgan fingerprint density at radius 1 is 1.09 bits per heavy atom. The number of esters is 1. The van der Waals surface area contributed by atoms with Crippen LogP contribution >= 0.6 is 0 Å². The lowest BCUT2D eigenvalue weighted by Crippen LogP contribution is -2.24. The molecule has 8 nitrogen and oxygen atoms in total. The molecular weight excluding hydrogens is 444 g/mol. The fourth-order valence-corrected chi connectivity index (χ4v) is 3.98. The van der Waals surface area contributed by atoms with Gasteiger partial charge in [-0.15, -0.1) is 0 Å². The van der Waals surface area contributed by atoms with Crippen molar-refractivity contribution in [3.63, 3.8) is 0 Å². The van der Waals surface area contributed by atoms with Crippen molar-refractivity contribution in [1.82, 2.24) is 15.0 Å². The second-order valence-corrected chi connectivity index (χ2v) is 8.07. The predicted molar refractivity (Wildman–Crippen MR) is 134 cm³/mol. The molecule has 0 bridgehead atoms. The number of carbonyl (C=O) groups is 2. The first-order valence-corrected chi connectivity index (χ1v) is 11.1. The first kappa shape index (κ1) is 23.7. The quantitative estimate of drug-likeness (QED) is 0.247. The lowest BCUT2D eigenvalue weighted by molar-refractivity contribution is -0.123. The van der Waals surface area contributed by atoms with Crippen LogP contribution in [0.2, 0.25) is 0 Å². The van der Waals surface area contributed by atoms with Crippen molar-refractivity contribution in [2.75, 3.05) is 13.7 Å². The number of benzene rings is 2.